The lowest BCUT2D eigenvalue weighted by atomic mass is 10.2. The highest BCUT2D eigenvalue weighted by atomic mass is 32.2. The topological polar surface area (TPSA) is 79.3 Å². The Hall–Kier alpha value is -1.28. The first kappa shape index (κ1) is 13.2. The van der Waals surface area contributed by atoms with Crippen LogP contribution in [-0.4, -0.2) is 25.1 Å². The van der Waals surface area contributed by atoms with Gasteiger partial charge in [-0.15, -0.1) is 0 Å². The number of hydrogen-bond donors (Lipinski definition) is 2. The molecule has 0 aliphatic heterocycles. The third-order valence-corrected chi connectivity index (χ3v) is 4.45. The summed E-state index contributed by atoms with van der Waals surface area (Å²) in [5.41, 5.74) is 0.703. The number of pyridine rings is 1. The first-order chi connectivity index (χ1) is 8.59. The van der Waals surface area contributed by atoms with Crippen LogP contribution in [0.2, 0.25) is 0 Å². The normalized spacial score (nSPS) is 13.4. The van der Waals surface area contributed by atoms with Gasteiger partial charge in [0.1, 0.15) is 4.90 Å². The van der Waals surface area contributed by atoms with Crippen molar-refractivity contribution < 1.29 is 13.5 Å². The molecule has 1 unspecified atom stereocenters. The summed E-state index contributed by atoms with van der Waals surface area (Å²) in [6.07, 6.45) is 1.92. The molecule has 0 aliphatic carbocycles. The van der Waals surface area contributed by atoms with Gasteiger partial charge in [-0.05, 0) is 34.5 Å². The highest BCUT2D eigenvalue weighted by Gasteiger charge is 2.16. The zero-order valence-electron chi connectivity index (χ0n) is 9.35. The molecule has 0 aliphatic rings. The number of aliphatic hydroxyl groups is 1. The van der Waals surface area contributed by atoms with Crippen molar-refractivity contribution in [1.82, 2.24) is 9.71 Å². The predicted molar refractivity (Wildman–Crippen MR) is 68.7 cm³/mol. The van der Waals surface area contributed by atoms with Gasteiger partial charge in [-0.25, -0.2) is 13.1 Å². The van der Waals surface area contributed by atoms with Crippen LogP contribution in [0, 0.1) is 0 Å². The molecule has 2 rings (SSSR count). The first-order valence-corrected chi connectivity index (χ1v) is 7.62. The van der Waals surface area contributed by atoms with Crippen molar-refractivity contribution >= 4 is 21.4 Å². The number of thiophene rings is 1. The summed E-state index contributed by atoms with van der Waals surface area (Å²) in [5, 5.41) is 13.4. The molecule has 2 aromatic rings. The predicted octanol–water partition coefficient (Wildman–Crippen LogP) is 1.16. The maximum Gasteiger partial charge on any atom is 0.242 e. The third kappa shape index (κ3) is 3.14. The highest BCUT2D eigenvalue weighted by Crippen LogP contribution is 2.16. The molecular formula is C11H12N2O3S2. The Labute approximate surface area is 109 Å². The van der Waals surface area contributed by atoms with E-state index in [0.717, 1.165) is 0 Å². The second-order valence-electron chi connectivity index (χ2n) is 3.61. The first-order valence-electron chi connectivity index (χ1n) is 5.19. The molecule has 0 bridgehead atoms. The van der Waals surface area contributed by atoms with Gasteiger partial charge in [0.25, 0.3) is 0 Å². The summed E-state index contributed by atoms with van der Waals surface area (Å²) in [6, 6.07) is 4.75. The number of rotatable bonds is 5. The van der Waals surface area contributed by atoms with Crippen LogP contribution < -0.4 is 4.72 Å². The number of hydrogen-bond acceptors (Lipinski definition) is 5. The van der Waals surface area contributed by atoms with Gasteiger partial charge in [0.05, 0.1) is 6.10 Å². The fourth-order valence-electron chi connectivity index (χ4n) is 1.36. The van der Waals surface area contributed by atoms with Crippen LogP contribution >= 0.6 is 11.3 Å². The molecule has 0 saturated heterocycles. The van der Waals surface area contributed by atoms with Gasteiger partial charge in [0.2, 0.25) is 10.0 Å². The van der Waals surface area contributed by atoms with Gasteiger partial charge in [-0.2, -0.15) is 11.3 Å². The lowest BCUT2D eigenvalue weighted by molar-refractivity contribution is 0.182. The van der Waals surface area contributed by atoms with Gasteiger partial charge in [0, 0.05) is 18.9 Å². The molecule has 2 heterocycles. The Bertz CT molecular complexity index is 582. The SMILES string of the molecule is O=S(=O)(NCC(O)c1ccsc1)c1cccnc1. The Morgan fingerprint density at radius 2 is 2.28 bits per heavy atom. The molecule has 18 heavy (non-hydrogen) atoms. The van der Waals surface area contributed by atoms with Crippen molar-refractivity contribution in [3.05, 3.63) is 46.9 Å². The van der Waals surface area contributed by atoms with E-state index in [0.29, 0.717) is 5.56 Å². The average Bonchev–Trinajstić information content (AvgIpc) is 2.91. The monoisotopic (exact) mass is 284 g/mol. The largest absolute Gasteiger partial charge is 0.387 e. The molecule has 0 fully saturated rings. The summed E-state index contributed by atoms with van der Waals surface area (Å²) < 4.78 is 26.0. The van der Waals surface area contributed by atoms with Crippen LogP contribution in [0.4, 0.5) is 0 Å². The van der Waals surface area contributed by atoms with E-state index in [2.05, 4.69) is 9.71 Å². The number of nitrogens with one attached hydrogen (secondary N) is 1. The molecule has 7 heteroatoms. The molecule has 0 spiro atoms. The lowest BCUT2D eigenvalue weighted by Gasteiger charge is -2.10. The van der Waals surface area contributed by atoms with Crippen LogP contribution in [0.1, 0.15) is 11.7 Å². The van der Waals surface area contributed by atoms with Crippen LogP contribution in [0.25, 0.3) is 0 Å². The van der Waals surface area contributed by atoms with Crippen LogP contribution in [0.5, 0.6) is 0 Å². The van der Waals surface area contributed by atoms with Gasteiger partial charge in [-0.3, -0.25) is 4.98 Å². The van der Waals surface area contributed by atoms with Gasteiger partial charge in [0.15, 0.2) is 0 Å². The van der Waals surface area contributed by atoms with Crippen LogP contribution in [0.3, 0.4) is 0 Å². The van der Waals surface area contributed by atoms with Crippen molar-refractivity contribution in [1.29, 1.82) is 0 Å². The molecular weight excluding hydrogens is 272 g/mol. The number of aliphatic hydroxyl groups excluding tert-OH is 1. The van der Waals surface area contributed by atoms with Crippen molar-refractivity contribution in [3.8, 4) is 0 Å². The van der Waals surface area contributed by atoms with Crippen molar-refractivity contribution in [2.45, 2.75) is 11.0 Å². The van der Waals surface area contributed by atoms with Gasteiger partial charge in [-0.1, -0.05) is 0 Å². The Morgan fingerprint density at radius 1 is 1.44 bits per heavy atom. The third-order valence-electron chi connectivity index (χ3n) is 2.34. The molecule has 0 saturated carbocycles. The van der Waals surface area contributed by atoms with E-state index >= 15 is 0 Å². The molecule has 5 nitrogen and oxygen atoms in total. The van der Waals surface area contributed by atoms with Crippen molar-refractivity contribution in [3.63, 3.8) is 0 Å². The molecule has 96 valence electrons. The Kier molecular flexibility index (Phi) is 4.07. The molecule has 2 aromatic heterocycles. The van der Waals surface area contributed by atoms with E-state index in [4.69, 9.17) is 0 Å². The minimum Gasteiger partial charge on any atom is -0.387 e. The highest BCUT2D eigenvalue weighted by molar-refractivity contribution is 7.89. The fraction of sp³-hybridized carbons (Fsp3) is 0.182. The minimum absolute atomic E-state index is 0.0615. The zero-order chi connectivity index (χ0) is 13.0. The Balaban J connectivity index is 2.02. The lowest BCUT2D eigenvalue weighted by Crippen LogP contribution is -2.28. The summed E-state index contributed by atoms with van der Waals surface area (Å²) in [4.78, 5) is 3.83. The molecule has 2 N–H and O–H groups in total. The zero-order valence-corrected chi connectivity index (χ0v) is 11.0. The van der Waals surface area contributed by atoms with E-state index < -0.39 is 16.1 Å². The standard InChI is InChI=1S/C11H12N2O3S2/c14-11(9-3-5-17-8-9)7-13-18(15,16)10-2-1-4-12-6-10/h1-6,8,11,13-14H,7H2. The smallest absolute Gasteiger partial charge is 0.242 e. The number of nitrogens with zero attached hydrogens (tertiary/aromatic N) is 1. The minimum atomic E-state index is -3.62. The van der Waals surface area contributed by atoms with E-state index in [1.165, 1.54) is 29.8 Å². The number of aromatic nitrogens is 1. The fourth-order valence-corrected chi connectivity index (χ4v) is 3.07. The van der Waals surface area contributed by atoms with Crippen molar-refractivity contribution in [2.75, 3.05) is 6.54 Å². The number of sulfonamides is 1. The van der Waals surface area contributed by atoms with Crippen molar-refractivity contribution in [2.24, 2.45) is 0 Å². The second-order valence-corrected chi connectivity index (χ2v) is 6.16. The second kappa shape index (κ2) is 5.57. The summed E-state index contributed by atoms with van der Waals surface area (Å²) in [7, 11) is -3.62. The van der Waals surface area contributed by atoms with Gasteiger partial charge < -0.3 is 5.11 Å². The maximum absolute atomic E-state index is 11.8. The molecule has 0 amide bonds. The van der Waals surface area contributed by atoms with E-state index in [-0.39, 0.29) is 11.4 Å². The molecule has 0 radical (unpaired) electrons. The average molecular weight is 284 g/mol. The Morgan fingerprint density at radius 3 is 2.89 bits per heavy atom. The molecule has 1 atom stereocenters. The molecule has 0 aromatic carbocycles. The summed E-state index contributed by atoms with van der Waals surface area (Å²) >= 11 is 1.45. The van der Waals surface area contributed by atoms with E-state index in [1.807, 2.05) is 5.38 Å². The van der Waals surface area contributed by atoms with E-state index in [1.54, 1.807) is 17.5 Å². The van der Waals surface area contributed by atoms with E-state index in [9.17, 15) is 13.5 Å². The van der Waals surface area contributed by atoms with Gasteiger partial charge >= 0.3 is 0 Å². The van der Waals surface area contributed by atoms with Crippen LogP contribution in [0.15, 0.2) is 46.2 Å². The quantitative estimate of drug-likeness (QED) is 0.863. The maximum atomic E-state index is 11.8. The summed E-state index contributed by atoms with van der Waals surface area (Å²) in [5.74, 6) is 0. The summed E-state index contributed by atoms with van der Waals surface area (Å²) in [6.45, 7) is -0.0615. The van der Waals surface area contributed by atoms with Crippen LogP contribution in [-0.2, 0) is 10.0 Å².